The average molecular weight is 306 g/mol. The van der Waals surface area contributed by atoms with Crippen LogP contribution in [-0.4, -0.2) is 33.8 Å². The van der Waals surface area contributed by atoms with E-state index in [9.17, 15) is 5.11 Å². The molecule has 1 aliphatic heterocycles. The maximum absolute atomic E-state index is 9.52. The van der Waals surface area contributed by atoms with Gasteiger partial charge in [0, 0.05) is 20.3 Å². The molecule has 0 fully saturated rings. The monoisotopic (exact) mass is 306 g/mol. The molecule has 0 saturated heterocycles. The quantitative estimate of drug-likeness (QED) is 0.789. The number of benzene rings is 2. The van der Waals surface area contributed by atoms with Gasteiger partial charge in [-0.15, -0.1) is 0 Å². The van der Waals surface area contributed by atoms with Crippen LogP contribution in [0, 0.1) is 0 Å². The molecule has 116 valence electrons. The number of aromatic nitrogens is 2. The number of para-hydroxylation sites is 2. The second-order valence-electron chi connectivity index (χ2n) is 5.84. The van der Waals surface area contributed by atoms with Crippen molar-refractivity contribution in [3.8, 4) is 5.75 Å². The highest BCUT2D eigenvalue weighted by Crippen LogP contribution is 2.35. The Hall–Kier alpha value is -2.79. The standard InChI is InChI=1S/C18H18N4O/c1-20(2)22-16(13-7-9-14(23)10-8-13)11-12-21-17-6-4-3-5-15(17)19-18(21)22/h3-12,16,23H,1-2H3. The van der Waals surface area contributed by atoms with E-state index in [0.717, 1.165) is 22.5 Å². The first-order valence-electron chi connectivity index (χ1n) is 7.56. The fourth-order valence-electron chi connectivity index (χ4n) is 3.07. The van der Waals surface area contributed by atoms with Crippen LogP contribution in [-0.2, 0) is 0 Å². The van der Waals surface area contributed by atoms with Crippen molar-refractivity contribution in [2.45, 2.75) is 6.04 Å². The van der Waals surface area contributed by atoms with Gasteiger partial charge >= 0.3 is 0 Å². The van der Waals surface area contributed by atoms with Gasteiger partial charge in [-0.25, -0.2) is 9.99 Å². The number of phenolic OH excluding ortho intramolecular Hbond substituents is 1. The first-order chi connectivity index (χ1) is 11.1. The van der Waals surface area contributed by atoms with E-state index >= 15 is 0 Å². The molecule has 0 radical (unpaired) electrons. The van der Waals surface area contributed by atoms with Gasteiger partial charge in [-0.1, -0.05) is 24.3 Å². The van der Waals surface area contributed by atoms with Gasteiger partial charge in [0.2, 0.25) is 5.95 Å². The lowest BCUT2D eigenvalue weighted by atomic mass is 10.1. The average Bonchev–Trinajstić information content (AvgIpc) is 2.93. The van der Waals surface area contributed by atoms with Crippen LogP contribution in [0.25, 0.3) is 17.2 Å². The molecule has 1 unspecified atom stereocenters. The summed E-state index contributed by atoms with van der Waals surface area (Å²) in [5.41, 5.74) is 3.17. The van der Waals surface area contributed by atoms with Crippen LogP contribution in [0.3, 0.4) is 0 Å². The second kappa shape index (κ2) is 5.14. The van der Waals surface area contributed by atoms with Crippen molar-refractivity contribution >= 4 is 23.2 Å². The normalized spacial score (nSPS) is 17.0. The van der Waals surface area contributed by atoms with Crippen molar-refractivity contribution in [1.82, 2.24) is 14.6 Å². The highest BCUT2D eigenvalue weighted by molar-refractivity contribution is 5.82. The number of hydrogen-bond donors (Lipinski definition) is 1. The lowest BCUT2D eigenvalue weighted by Gasteiger charge is -2.38. The number of aromatic hydroxyl groups is 1. The van der Waals surface area contributed by atoms with Crippen molar-refractivity contribution in [2.75, 3.05) is 19.1 Å². The zero-order valence-corrected chi connectivity index (χ0v) is 13.1. The topological polar surface area (TPSA) is 44.5 Å². The highest BCUT2D eigenvalue weighted by Gasteiger charge is 2.28. The Morgan fingerprint density at radius 1 is 1.04 bits per heavy atom. The van der Waals surface area contributed by atoms with Gasteiger partial charge in [-0.2, -0.15) is 0 Å². The zero-order chi connectivity index (χ0) is 16.0. The molecule has 3 aromatic rings. The van der Waals surface area contributed by atoms with Crippen LogP contribution in [0.15, 0.2) is 54.6 Å². The number of hydrogen-bond acceptors (Lipinski definition) is 4. The fraction of sp³-hybridized carbons (Fsp3) is 0.167. The molecule has 5 heteroatoms. The van der Waals surface area contributed by atoms with E-state index in [1.807, 2.05) is 49.4 Å². The Balaban J connectivity index is 1.87. The van der Waals surface area contributed by atoms with Gasteiger partial charge in [0.05, 0.1) is 17.1 Å². The van der Waals surface area contributed by atoms with Crippen LogP contribution < -0.4 is 5.01 Å². The number of rotatable bonds is 2. The molecule has 23 heavy (non-hydrogen) atoms. The summed E-state index contributed by atoms with van der Waals surface area (Å²) in [6.45, 7) is 0. The van der Waals surface area contributed by atoms with Crippen molar-refractivity contribution in [2.24, 2.45) is 0 Å². The molecule has 4 rings (SSSR count). The summed E-state index contributed by atoms with van der Waals surface area (Å²) in [5, 5.41) is 13.7. The Morgan fingerprint density at radius 3 is 2.52 bits per heavy atom. The summed E-state index contributed by atoms with van der Waals surface area (Å²) in [6.07, 6.45) is 4.22. The third kappa shape index (κ3) is 2.17. The maximum atomic E-state index is 9.52. The number of fused-ring (bicyclic) bond motifs is 3. The van der Waals surface area contributed by atoms with Crippen molar-refractivity contribution in [1.29, 1.82) is 0 Å². The van der Waals surface area contributed by atoms with Crippen molar-refractivity contribution < 1.29 is 5.11 Å². The largest absolute Gasteiger partial charge is 0.508 e. The third-order valence-corrected chi connectivity index (χ3v) is 4.13. The Bertz CT molecular complexity index is 880. The van der Waals surface area contributed by atoms with Crippen LogP contribution in [0.5, 0.6) is 5.75 Å². The molecular formula is C18H18N4O. The molecule has 0 aliphatic carbocycles. The molecule has 0 amide bonds. The van der Waals surface area contributed by atoms with E-state index < -0.39 is 0 Å². The van der Waals surface area contributed by atoms with Gasteiger partial charge in [0.1, 0.15) is 5.75 Å². The molecule has 0 spiro atoms. The van der Waals surface area contributed by atoms with Gasteiger partial charge in [0.25, 0.3) is 0 Å². The predicted octanol–water partition coefficient (Wildman–Crippen LogP) is 3.25. The van der Waals surface area contributed by atoms with E-state index in [-0.39, 0.29) is 11.8 Å². The highest BCUT2D eigenvalue weighted by atomic mass is 16.3. The van der Waals surface area contributed by atoms with Crippen LogP contribution in [0.4, 0.5) is 5.95 Å². The van der Waals surface area contributed by atoms with E-state index in [4.69, 9.17) is 4.98 Å². The van der Waals surface area contributed by atoms with Gasteiger partial charge in [0.15, 0.2) is 0 Å². The number of anilines is 1. The van der Waals surface area contributed by atoms with E-state index in [1.54, 1.807) is 12.1 Å². The summed E-state index contributed by atoms with van der Waals surface area (Å²) < 4.78 is 2.10. The molecule has 0 saturated carbocycles. The molecule has 5 nitrogen and oxygen atoms in total. The van der Waals surface area contributed by atoms with Gasteiger partial charge in [-0.05, 0) is 35.9 Å². The van der Waals surface area contributed by atoms with E-state index in [1.165, 1.54) is 0 Å². The first-order valence-corrected chi connectivity index (χ1v) is 7.56. The minimum absolute atomic E-state index is 0.0370. The zero-order valence-electron chi connectivity index (χ0n) is 13.1. The van der Waals surface area contributed by atoms with E-state index in [2.05, 4.69) is 27.9 Å². The fourth-order valence-corrected chi connectivity index (χ4v) is 3.07. The predicted molar refractivity (Wildman–Crippen MR) is 92.1 cm³/mol. The molecule has 0 bridgehead atoms. The summed E-state index contributed by atoms with van der Waals surface area (Å²) in [7, 11) is 4.02. The van der Waals surface area contributed by atoms with E-state index in [0.29, 0.717) is 0 Å². The third-order valence-electron chi connectivity index (χ3n) is 4.13. The molecule has 1 N–H and O–H groups in total. The molecular weight excluding hydrogens is 288 g/mol. The number of imidazole rings is 1. The molecule has 2 heterocycles. The summed E-state index contributed by atoms with van der Waals surface area (Å²) in [6, 6.07) is 15.5. The summed E-state index contributed by atoms with van der Waals surface area (Å²) in [5.74, 6) is 1.16. The Morgan fingerprint density at radius 2 is 1.78 bits per heavy atom. The Kier molecular flexibility index (Phi) is 3.09. The molecule has 1 atom stereocenters. The number of phenols is 1. The summed E-state index contributed by atoms with van der Waals surface area (Å²) in [4.78, 5) is 4.80. The Labute approximate surface area is 134 Å². The van der Waals surface area contributed by atoms with Gasteiger partial charge in [-0.3, -0.25) is 9.58 Å². The minimum Gasteiger partial charge on any atom is -0.508 e. The molecule has 1 aliphatic rings. The maximum Gasteiger partial charge on any atom is 0.226 e. The number of nitrogens with zero attached hydrogens (tertiary/aromatic N) is 4. The number of hydrazine groups is 1. The lowest BCUT2D eigenvalue weighted by Crippen LogP contribution is -2.42. The van der Waals surface area contributed by atoms with Gasteiger partial charge < -0.3 is 5.11 Å². The molecule has 2 aromatic carbocycles. The van der Waals surface area contributed by atoms with Crippen LogP contribution >= 0.6 is 0 Å². The van der Waals surface area contributed by atoms with Crippen molar-refractivity contribution in [3.63, 3.8) is 0 Å². The van der Waals surface area contributed by atoms with Crippen LogP contribution in [0.2, 0.25) is 0 Å². The van der Waals surface area contributed by atoms with Crippen LogP contribution in [0.1, 0.15) is 11.6 Å². The smallest absolute Gasteiger partial charge is 0.226 e. The van der Waals surface area contributed by atoms with Crippen molar-refractivity contribution in [3.05, 3.63) is 60.2 Å². The SMILES string of the molecule is CN(C)N1c2nc3ccccc3n2C=CC1c1ccc(O)cc1. The lowest BCUT2D eigenvalue weighted by molar-refractivity contribution is 0.336. The summed E-state index contributed by atoms with van der Waals surface area (Å²) >= 11 is 0. The second-order valence-corrected chi connectivity index (χ2v) is 5.84. The first kappa shape index (κ1) is 13.8. The molecule has 1 aromatic heterocycles. The minimum atomic E-state index is 0.0370.